The maximum Gasteiger partial charge on any atom is 0.417 e. The van der Waals surface area contributed by atoms with E-state index in [1.54, 1.807) is 13.0 Å². The second-order valence-corrected chi connectivity index (χ2v) is 3.63. The van der Waals surface area contributed by atoms with Crippen molar-refractivity contribution in [2.24, 2.45) is 0 Å². The molecule has 4 heteroatoms. The first kappa shape index (κ1) is 12.8. The molecule has 0 heterocycles. The first-order chi connectivity index (χ1) is 7.38. The van der Waals surface area contributed by atoms with Crippen molar-refractivity contribution in [3.8, 4) is 0 Å². The molecule has 0 nitrogen and oxygen atoms in total. The Morgan fingerprint density at radius 1 is 1.31 bits per heavy atom. The van der Waals surface area contributed by atoms with Crippen molar-refractivity contribution in [2.45, 2.75) is 13.1 Å². The highest BCUT2D eigenvalue weighted by Crippen LogP contribution is 2.37. The van der Waals surface area contributed by atoms with Crippen LogP contribution in [0.3, 0.4) is 0 Å². The molecule has 0 radical (unpaired) electrons. The summed E-state index contributed by atoms with van der Waals surface area (Å²) in [6.45, 7) is 5.16. The molecule has 0 bridgehead atoms. The van der Waals surface area contributed by atoms with Crippen LogP contribution in [0.15, 0.2) is 30.9 Å². The summed E-state index contributed by atoms with van der Waals surface area (Å²) < 4.78 is 37.7. The van der Waals surface area contributed by atoms with Crippen molar-refractivity contribution < 1.29 is 13.2 Å². The Labute approximate surface area is 97.0 Å². The number of aryl methyl sites for hydroxylation is 1. The van der Waals surface area contributed by atoms with E-state index in [1.807, 2.05) is 0 Å². The Hall–Kier alpha value is -1.22. The van der Waals surface area contributed by atoms with E-state index in [-0.39, 0.29) is 5.02 Å². The van der Waals surface area contributed by atoms with Crippen LogP contribution in [0.5, 0.6) is 0 Å². The third-order valence-corrected chi connectivity index (χ3v) is 2.51. The van der Waals surface area contributed by atoms with Crippen molar-refractivity contribution >= 4 is 17.7 Å². The molecule has 0 saturated carbocycles. The van der Waals surface area contributed by atoms with Crippen molar-refractivity contribution in [1.29, 1.82) is 0 Å². The lowest BCUT2D eigenvalue weighted by atomic mass is 10.0. The van der Waals surface area contributed by atoms with Crippen LogP contribution in [-0.2, 0) is 6.18 Å². The fraction of sp³-hybridized carbons (Fsp3) is 0.167. The lowest BCUT2D eigenvalue weighted by molar-refractivity contribution is -0.137. The molecule has 0 aliphatic rings. The van der Waals surface area contributed by atoms with Gasteiger partial charge in [0.05, 0.1) is 10.6 Å². The van der Waals surface area contributed by atoms with Crippen LogP contribution < -0.4 is 0 Å². The van der Waals surface area contributed by atoms with Gasteiger partial charge in [-0.05, 0) is 24.1 Å². The minimum absolute atomic E-state index is 0.273. The van der Waals surface area contributed by atoms with E-state index >= 15 is 0 Å². The Morgan fingerprint density at radius 2 is 1.94 bits per heavy atom. The quantitative estimate of drug-likeness (QED) is 0.654. The summed E-state index contributed by atoms with van der Waals surface area (Å²) >= 11 is 5.73. The molecule has 0 saturated heterocycles. The van der Waals surface area contributed by atoms with Gasteiger partial charge in [0, 0.05) is 0 Å². The summed E-state index contributed by atoms with van der Waals surface area (Å²) in [5.41, 5.74) is 0.246. The maximum atomic E-state index is 12.6. The molecule has 0 fully saturated rings. The smallest absolute Gasteiger partial charge is 0.166 e. The van der Waals surface area contributed by atoms with Gasteiger partial charge in [-0.25, -0.2) is 0 Å². The fourth-order valence-corrected chi connectivity index (χ4v) is 1.66. The zero-order chi connectivity index (χ0) is 12.3. The Bertz CT molecular complexity index is 431. The molecular formula is C12H10ClF3. The molecular weight excluding hydrogens is 237 g/mol. The first-order valence-corrected chi connectivity index (χ1v) is 4.91. The monoisotopic (exact) mass is 246 g/mol. The molecule has 0 amide bonds. The van der Waals surface area contributed by atoms with Crippen LogP contribution in [0.1, 0.15) is 16.7 Å². The van der Waals surface area contributed by atoms with E-state index < -0.39 is 11.7 Å². The molecule has 1 aromatic rings. The van der Waals surface area contributed by atoms with Gasteiger partial charge in [0.25, 0.3) is 0 Å². The largest absolute Gasteiger partial charge is 0.417 e. The topological polar surface area (TPSA) is 0 Å². The van der Waals surface area contributed by atoms with Gasteiger partial charge in [0.15, 0.2) is 0 Å². The summed E-state index contributed by atoms with van der Waals surface area (Å²) in [6, 6.07) is 2.39. The second kappa shape index (κ2) is 4.74. The molecule has 0 aliphatic carbocycles. The minimum atomic E-state index is -4.43. The zero-order valence-electron chi connectivity index (χ0n) is 8.61. The SMILES string of the molecule is C=C/C=C\c1c(C)ccc(C(F)(F)F)c1Cl. The lowest BCUT2D eigenvalue weighted by Gasteiger charge is -2.12. The number of benzene rings is 1. The van der Waals surface area contributed by atoms with Crippen LogP contribution in [0.25, 0.3) is 6.08 Å². The molecule has 0 atom stereocenters. The normalized spacial score (nSPS) is 12.1. The van der Waals surface area contributed by atoms with E-state index in [0.29, 0.717) is 11.1 Å². The van der Waals surface area contributed by atoms with E-state index in [0.717, 1.165) is 6.07 Å². The summed E-state index contributed by atoms with van der Waals surface area (Å²) in [4.78, 5) is 0. The number of alkyl halides is 3. The molecule has 1 aromatic carbocycles. The summed E-state index contributed by atoms with van der Waals surface area (Å²) in [6.07, 6.45) is 0.117. The predicted molar refractivity (Wildman–Crippen MR) is 60.4 cm³/mol. The molecule has 0 unspecified atom stereocenters. The van der Waals surface area contributed by atoms with Crippen molar-refractivity contribution in [3.05, 3.63) is 52.6 Å². The van der Waals surface area contributed by atoms with Crippen LogP contribution in [0, 0.1) is 6.92 Å². The number of hydrogen-bond donors (Lipinski definition) is 0. The number of rotatable bonds is 2. The average molecular weight is 247 g/mol. The molecule has 16 heavy (non-hydrogen) atoms. The Morgan fingerprint density at radius 3 is 2.44 bits per heavy atom. The van der Waals surface area contributed by atoms with Crippen molar-refractivity contribution in [3.63, 3.8) is 0 Å². The van der Waals surface area contributed by atoms with Crippen LogP contribution in [0.4, 0.5) is 13.2 Å². The van der Waals surface area contributed by atoms with E-state index in [9.17, 15) is 13.2 Å². The highest BCUT2D eigenvalue weighted by molar-refractivity contribution is 6.33. The molecule has 0 aliphatic heterocycles. The zero-order valence-corrected chi connectivity index (χ0v) is 9.36. The summed E-state index contributed by atoms with van der Waals surface area (Å²) in [7, 11) is 0. The predicted octanol–water partition coefficient (Wildman–Crippen LogP) is 4.87. The average Bonchev–Trinajstić information content (AvgIpc) is 2.15. The van der Waals surface area contributed by atoms with E-state index in [2.05, 4.69) is 6.58 Å². The molecule has 0 spiro atoms. The Kier molecular flexibility index (Phi) is 3.81. The van der Waals surface area contributed by atoms with Crippen LogP contribution >= 0.6 is 11.6 Å². The van der Waals surface area contributed by atoms with Crippen LogP contribution in [-0.4, -0.2) is 0 Å². The number of allylic oxidation sites excluding steroid dienone is 2. The molecule has 86 valence electrons. The van der Waals surface area contributed by atoms with Gasteiger partial charge in [0.1, 0.15) is 0 Å². The molecule has 0 aromatic heterocycles. The van der Waals surface area contributed by atoms with Gasteiger partial charge in [0.2, 0.25) is 0 Å². The molecule has 1 rings (SSSR count). The van der Waals surface area contributed by atoms with Gasteiger partial charge in [-0.2, -0.15) is 13.2 Å². The molecule has 0 N–H and O–H groups in total. The van der Waals surface area contributed by atoms with E-state index in [4.69, 9.17) is 11.6 Å². The van der Waals surface area contributed by atoms with E-state index in [1.165, 1.54) is 18.2 Å². The van der Waals surface area contributed by atoms with Crippen LogP contribution in [0.2, 0.25) is 5.02 Å². The van der Waals surface area contributed by atoms with Crippen molar-refractivity contribution in [1.82, 2.24) is 0 Å². The third kappa shape index (κ3) is 2.67. The van der Waals surface area contributed by atoms with Gasteiger partial charge in [-0.1, -0.05) is 42.5 Å². The van der Waals surface area contributed by atoms with Gasteiger partial charge in [-0.3, -0.25) is 0 Å². The summed E-state index contributed by atoms with van der Waals surface area (Å²) in [5, 5.41) is -0.273. The second-order valence-electron chi connectivity index (χ2n) is 3.25. The first-order valence-electron chi connectivity index (χ1n) is 4.53. The standard InChI is InChI=1S/C12H10ClF3/c1-3-4-5-9-8(2)6-7-10(11(9)13)12(14,15)16/h3-7H,1H2,2H3/b5-4-. The summed E-state index contributed by atoms with van der Waals surface area (Å²) in [5.74, 6) is 0. The van der Waals surface area contributed by atoms with Gasteiger partial charge >= 0.3 is 6.18 Å². The number of halogens is 4. The lowest BCUT2D eigenvalue weighted by Crippen LogP contribution is -2.07. The highest BCUT2D eigenvalue weighted by atomic mass is 35.5. The Balaban J connectivity index is 3.38. The highest BCUT2D eigenvalue weighted by Gasteiger charge is 2.33. The third-order valence-electron chi connectivity index (χ3n) is 2.10. The minimum Gasteiger partial charge on any atom is -0.166 e. The number of hydrogen-bond acceptors (Lipinski definition) is 0. The van der Waals surface area contributed by atoms with Gasteiger partial charge in [-0.15, -0.1) is 0 Å². The van der Waals surface area contributed by atoms with Gasteiger partial charge < -0.3 is 0 Å². The van der Waals surface area contributed by atoms with Crippen molar-refractivity contribution in [2.75, 3.05) is 0 Å². The maximum absolute atomic E-state index is 12.6. The fourth-order valence-electron chi connectivity index (χ4n) is 1.28.